The van der Waals surface area contributed by atoms with E-state index in [0.717, 1.165) is 10.4 Å². The molecule has 1 atom stereocenters. The number of rotatable bonds is 7. The molecule has 0 aliphatic rings. The molecule has 23 heavy (non-hydrogen) atoms. The lowest BCUT2D eigenvalue weighted by Crippen LogP contribution is -2.43. The highest BCUT2D eigenvalue weighted by Gasteiger charge is 2.26. The van der Waals surface area contributed by atoms with Crippen molar-refractivity contribution in [2.75, 3.05) is 7.05 Å². The first kappa shape index (κ1) is 17.5. The number of hydrogen-bond acceptors (Lipinski definition) is 3. The number of benzene rings is 1. The average molecular weight is 352 g/mol. The molecule has 122 valence electrons. The second kappa shape index (κ2) is 8.13. The van der Waals surface area contributed by atoms with Crippen molar-refractivity contribution in [3.63, 3.8) is 0 Å². The minimum Gasteiger partial charge on any atom is -0.480 e. The second-order valence-electron chi connectivity index (χ2n) is 5.25. The Morgan fingerprint density at radius 1 is 1.22 bits per heavy atom. The average Bonchev–Trinajstić information content (AvgIpc) is 2.96. The van der Waals surface area contributed by atoms with Gasteiger partial charge in [-0.05, 0) is 24.1 Å². The number of thiophene rings is 1. The Hall–Kier alpha value is -1.85. The van der Waals surface area contributed by atoms with Crippen molar-refractivity contribution in [2.24, 2.45) is 0 Å². The minimum absolute atomic E-state index is 0.183. The van der Waals surface area contributed by atoms with Gasteiger partial charge < -0.3 is 10.0 Å². The molecule has 6 heteroatoms. The number of aliphatic carboxylic acids is 1. The zero-order valence-electron chi connectivity index (χ0n) is 12.7. The molecule has 0 saturated carbocycles. The lowest BCUT2D eigenvalue weighted by molar-refractivity contribution is -0.149. The maximum absolute atomic E-state index is 12.3. The van der Waals surface area contributed by atoms with Crippen LogP contribution in [0.5, 0.6) is 0 Å². The van der Waals surface area contributed by atoms with Crippen LogP contribution in [-0.4, -0.2) is 35.0 Å². The Balaban J connectivity index is 1.97. The van der Waals surface area contributed by atoms with Crippen LogP contribution < -0.4 is 0 Å². The largest absolute Gasteiger partial charge is 0.480 e. The summed E-state index contributed by atoms with van der Waals surface area (Å²) >= 11 is 7.30. The number of carboxylic acid groups (broad SMARTS) is 1. The van der Waals surface area contributed by atoms with E-state index in [1.165, 1.54) is 16.2 Å². The first-order chi connectivity index (χ1) is 11.0. The molecule has 0 fully saturated rings. The lowest BCUT2D eigenvalue weighted by Gasteiger charge is -2.25. The highest BCUT2D eigenvalue weighted by Crippen LogP contribution is 2.22. The van der Waals surface area contributed by atoms with E-state index in [1.54, 1.807) is 13.1 Å². The highest BCUT2D eigenvalue weighted by atomic mass is 35.5. The number of hydrogen-bond donors (Lipinski definition) is 1. The van der Waals surface area contributed by atoms with Gasteiger partial charge in [-0.15, -0.1) is 11.3 Å². The standard InChI is InChI=1S/C17H18ClNO3S/c1-19(16(20)10-8-13-7-9-15(18)23-13)14(17(21)22)11-12-5-3-2-4-6-12/h2-7,9,14H,8,10-11H2,1H3,(H,21,22). The number of likely N-dealkylation sites (N-methyl/N-ethyl adjacent to an activating group) is 1. The van der Waals surface area contributed by atoms with Gasteiger partial charge in [0.2, 0.25) is 5.91 Å². The van der Waals surface area contributed by atoms with Crippen LogP contribution in [0.2, 0.25) is 4.34 Å². The van der Waals surface area contributed by atoms with Gasteiger partial charge in [0.15, 0.2) is 0 Å². The number of amides is 1. The Kier molecular flexibility index (Phi) is 6.19. The third kappa shape index (κ3) is 5.08. The third-order valence-electron chi connectivity index (χ3n) is 3.63. The molecule has 0 aliphatic carbocycles. The zero-order valence-corrected chi connectivity index (χ0v) is 14.3. The molecule has 2 aromatic rings. The fraction of sp³-hybridized carbons (Fsp3) is 0.294. The summed E-state index contributed by atoms with van der Waals surface area (Å²) in [5.41, 5.74) is 0.893. The Morgan fingerprint density at radius 3 is 2.48 bits per heavy atom. The Morgan fingerprint density at radius 2 is 1.91 bits per heavy atom. The summed E-state index contributed by atoms with van der Waals surface area (Å²) in [6.45, 7) is 0. The number of aryl methyl sites for hydroxylation is 1. The number of carbonyl (C=O) groups is 2. The second-order valence-corrected chi connectivity index (χ2v) is 7.05. The monoisotopic (exact) mass is 351 g/mol. The predicted octanol–water partition coefficient (Wildman–Crippen LogP) is 3.49. The smallest absolute Gasteiger partial charge is 0.326 e. The summed E-state index contributed by atoms with van der Waals surface area (Å²) in [4.78, 5) is 26.2. The summed E-state index contributed by atoms with van der Waals surface area (Å²) in [7, 11) is 1.55. The summed E-state index contributed by atoms with van der Waals surface area (Å²) < 4.78 is 0.688. The van der Waals surface area contributed by atoms with Gasteiger partial charge in [0.1, 0.15) is 6.04 Å². The van der Waals surface area contributed by atoms with Crippen LogP contribution in [0.25, 0.3) is 0 Å². The van der Waals surface area contributed by atoms with Crippen molar-refractivity contribution in [3.8, 4) is 0 Å². The quantitative estimate of drug-likeness (QED) is 0.830. The molecule has 0 aliphatic heterocycles. The summed E-state index contributed by atoms with van der Waals surface area (Å²) in [5, 5.41) is 9.43. The van der Waals surface area contributed by atoms with E-state index in [9.17, 15) is 14.7 Å². The molecule has 2 rings (SSSR count). The SMILES string of the molecule is CN(C(=O)CCc1ccc(Cl)s1)C(Cc1ccccc1)C(=O)O. The summed E-state index contributed by atoms with van der Waals surface area (Å²) in [5.74, 6) is -1.18. The van der Waals surface area contributed by atoms with Crippen molar-refractivity contribution < 1.29 is 14.7 Å². The number of nitrogens with zero attached hydrogens (tertiary/aromatic N) is 1. The normalized spacial score (nSPS) is 11.9. The number of carbonyl (C=O) groups excluding carboxylic acids is 1. The van der Waals surface area contributed by atoms with Crippen LogP contribution in [0.1, 0.15) is 16.9 Å². The van der Waals surface area contributed by atoms with Crippen LogP contribution in [0, 0.1) is 0 Å². The van der Waals surface area contributed by atoms with Crippen LogP contribution in [-0.2, 0) is 22.4 Å². The van der Waals surface area contributed by atoms with E-state index < -0.39 is 12.0 Å². The van der Waals surface area contributed by atoms with Crippen molar-refractivity contribution in [1.82, 2.24) is 4.90 Å². The molecule has 0 bridgehead atoms. The van der Waals surface area contributed by atoms with E-state index in [4.69, 9.17) is 11.6 Å². The van der Waals surface area contributed by atoms with Gasteiger partial charge in [-0.2, -0.15) is 0 Å². The molecule has 0 radical (unpaired) electrons. The van der Waals surface area contributed by atoms with E-state index in [-0.39, 0.29) is 12.3 Å². The Bertz CT molecular complexity index is 671. The molecule has 1 unspecified atom stereocenters. The van der Waals surface area contributed by atoms with Crippen LogP contribution in [0.4, 0.5) is 0 Å². The molecule has 1 amide bonds. The molecule has 0 saturated heterocycles. The first-order valence-corrected chi connectivity index (χ1v) is 8.43. The van der Waals surface area contributed by atoms with Crippen molar-refractivity contribution in [1.29, 1.82) is 0 Å². The fourth-order valence-electron chi connectivity index (χ4n) is 2.29. The number of halogens is 1. The maximum Gasteiger partial charge on any atom is 0.326 e. The topological polar surface area (TPSA) is 57.6 Å². The van der Waals surface area contributed by atoms with Gasteiger partial charge in [0.05, 0.1) is 4.34 Å². The van der Waals surface area contributed by atoms with E-state index >= 15 is 0 Å². The first-order valence-electron chi connectivity index (χ1n) is 7.24. The van der Waals surface area contributed by atoms with Crippen molar-refractivity contribution >= 4 is 34.8 Å². The van der Waals surface area contributed by atoms with Gasteiger partial charge in [-0.3, -0.25) is 4.79 Å². The van der Waals surface area contributed by atoms with Gasteiger partial charge in [-0.1, -0.05) is 41.9 Å². The third-order valence-corrected chi connectivity index (χ3v) is 4.92. The van der Waals surface area contributed by atoms with Gasteiger partial charge in [0, 0.05) is 24.8 Å². The highest BCUT2D eigenvalue weighted by molar-refractivity contribution is 7.16. The molecule has 1 heterocycles. The van der Waals surface area contributed by atoms with E-state index in [1.807, 2.05) is 36.4 Å². The van der Waals surface area contributed by atoms with Gasteiger partial charge in [-0.25, -0.2) is 4.79 Å². The number of carboxylic acids is 1. The fourth-order valence-corrected chi connectivity index (χ4v) is 3.38. The van der Waals surface area contributed by atoms with Crippen LogP contribution in [0.3, 0.4) is 0 Å². The molecule has 1 N–H and O–H groups in total. The van der Waals surface area contributed by atoms with Crippen molar-refractivity contribution in [2.45, 2.75) is 25.3 Å². The van der Waals surface area contributed by atoms with Gasteiger partial charge in [0.25, 0.3) is 0 Å². The molecule has 0 spiro atoms. The zero-order chi connectivity index (χ0) is 16.8. The predicted molar refractivity (Wildman–Crippen MR) is 92.0 cm³/mol. The van der Waals surface area contributed by atoms with Crippen molar-refractivity contribution in [3.05, 3.63) is 57.2 Å². The van der Waals surface area contributed by atoms with Crippen LogP contribution in [0.15, 0.2) is 42.5 Å². The summed E-state index contributed by atoms with van der Waals surface area (Å²) in [6, 6.07) is 12.1. The molecule has 4 nitrogen and oxygen atoms in total. The van der Waals surface area contributed by atoms with Crippen LogP contribution >= 0.6 is 22.9 Å². The maximum atomic E-state index is 12.3. The minimum atomic E-state index is -0.996. The molecular weight excluding hydrogens is 334 g/mol. The van der Waals surface area contributed by atoms with E-state index in [0.29, 0.717) is 17.2 Å². The Labute approximate surface area is 144 Å². The van der Waals surface area contributed by atoms with E-state index in [2.05, 4.69) is 0 Å². The molecular formula is C17H18ClNO3S. The lowest BCUT2D eigenvalue weighted by atomic mass is 10.0. The molecule has 1 aromatic heterocycles. The molecule has 1 aromatic carbocycles. The summed E-state index contributed by atoms with van der Waals surface area (Å²) in [6.07, 6.45) is 1.13. The van der Waals surface area contributed by atoms with Gasteiger partial charge >= 0.3 is 5.97 Å².